The lowest BCUT2D eigenvalue weighted by molar-refractivity contribution is -0.131. The van der Waals surface area contributed by atoms with Gasteiger partial charge in [-0.1, -0.05) is 23.7 Å². The largest absolute Gasteiger partial charge is 0.473 e. The maximum absolute atomic E-state index is 14.2. The van der Waals surface area contributed by atoms with Crippen LogP contribution in [0, 0.1) is 11.7 Å². The number of hydrogen-bond acceptors (Lipinski definition) is 7. The highest BCUT2D eigenvalue weighted by Crippen LogP contribution is 2.31. The van der Waals surface area contributed by atoms with Gasteiger partial charge in [0.2, 0.25) is 11.8 Å². The minimum absolute atomic E-state index is 0.00251. The summed E-state index contributed by atoms with van der Waals surface area (Å²) in [6, 6.07) is 16.4. The smallest absolute Gasteiger partial charge is 0.229 e. The van der Waals surface area contributed by atoms with Crippen LogP contribution in [0.5, 0.6) is 5.88 Å². The van der Waals surface area contributed by atoms with Gasteiger partial charge in [0.05, 0.1) is 48.4 Å². The molecule has 1 unspecified atom stereocenters. The van der Waals surface area contributed by atoms with Crippen LogP contribution in [-0.4, -0.2) is 63.4 Å². The van der Waals surface area contributed by atoms with Crippen molar-refractivity contribution in [3.63, 3.8) is 0 Å². The molecule has 1 amide bonds. The molecule has 0 spiro atoms. The number of pyridine rings is 1. The molecule has 3 saturated heterocycles. The molecular formula is C37H43ClFN5O4. The summed E-state index contributed by atoms with van der Waals surface area (Å²) in [5.41, 5.74) is 3.95. The predicted molar refractivity (Wildman–Crippen MR) is 183 cm³/mol. The van der Waals surface area contributed by atoms with E-state index in [2.05, 4.69) is 34.7 Å². The fourth-order valence-electron chi connectivity index (χ4n) is 6.78. The van der Waals surface area contributed by atoms with E-state index in [-0.39, 0.29) is 36.0 Å². The molecule has 11 heteroatoms. The number of piperidine rings is 1. The average Bonchev–Trinajstić information content (AvgIpc) is 3.38. The van der Waals surface area contributed by atoms with Crippen molar-refractivity contribution in [1.29, 1.82) is 0 Å². The van der Waals surface area contributed by atoms with E-state index in [9.17, 15) is 9.18 Å². The Bertz CT molecular complexity index is 1760. The molecule has 5 heterocycles. The fraction of sp³-hybridized carbons (Fsp3) is 0.486. The van der Waals surface area contributed by atoms with Gasteiger partial charge in [-0.2, -0.15) is 0 Å². The molecule has 2 aromatic carbocycles. The van der Waals surface area contributed by atoms with Gasteiger partial charge in [-0.3, -0.25) is 9.69 Å². The van der Waals surface area contributed by atoms with Crippen LogP contribution in [0.4, 0.5) is 10.1 Å². The van der Waals surface area contributed by atoms with Crippen LogP contribution in [0.1, 0.15) is 69.0 Å². The molecular weight excluding hydrogens is 633 g/mol. The summed E-state index contributed by atoms with van der Waals surface area (Å²) < 4.78 is 34.1. The highest BCUT2D eigenvalue weighted by Gasteiger charge is 2.32. The van der Waals surface area contributed by atoms with Gasteiger partial charge >= 0.3 is 0 Å². The molecule has 0 aliphatic carbocycles. The van der Waals surface area contributed by atoms with E-state index in [4.69, 9.17) is 35.8 Å². The summed E-state index contributed by atoms with van der Waals surface area (Å²) in [4.78, 5) is 25.3. The van der Waals surface area contributed by atoms with Gasteiger partial charge in [-0.05, 0) is 95.4 Å². The van der Waals surface area contributed by atoms with Crippen molar-refractivity contribution >= 4 is 34.2 Å². The Morgan fingerprint density at radius 3 is 2.65 bits per heavy atom. The highest BCUT2D eigenvalue weighted by atomic mass is 35.5. The molecule has 2 aromatic heterocycles. The Labute approximate surface area is 285 Å². The second kappa shape index (κ2) is 14.1. The summed E-state index contributed by atoms with van der Waals surface area (Å²) in [5.74, 6) is 1.27. The van der Waals surface area contributed by atoms with Gasteiger partial charge in [-0.15, -0.1) is 0 Å². The lowest BCUT2D eigenvalue weighted by Crippen LogP contribution is -2.38. The van der Waals surface area contributed by atoms with Gasteiger partial charge in [0.25, 0.3) is 0 Å². The summed E-state index contributed by atoms with van der Waals surface area (Å²) in [5, 5.41) is 3.47. The Balaban J connectivity index is 0.990. The van der Waals surface area contributed by atoms with Crippen molar-refractivity contribution in [2.45, 2.75) is 83.3 Å². The molecule has 3 aliphatic heterocycles. The maximum atomic E-state index is 14.2. The lowest BCUT2D eigenvalue weighted by atomic mass is 9.91. The van der Waals surface area contributed by atoms with Crippen LogP contribution in [0.2, 0.25) is 5.02 Å². The topological polar surface area (TPSA) is 90.7 Å². The van der Waals surface area contributed by atoms with E-state index in [0.29, 0.717) is 29.0 Å². The molecule has 4 aromatic rings. The van der Waals surface area contributed by atoms with Crippen molar-refractivity contribution in [2.24, 2.45) is 5.92 Å². The maximum Gasteiger partial charge on any atom is 0.229 e. The summed E-state index contributed by atoms with van der Waals surface area (Å²) >= 11 is 5.88. The number of nitrogens with zero attached hydrogens (tertiary/aromatic N) is 4. The number of benzene rings is 2. The van der Waals surface area contributed by atoms with Crippen molar-refractivity contribution in [2.75, 3.05) is 31.6 Å². The van der Waals surface area contributed by atoms with Crippen LogP contribution < -0.4 is 10.1 Å². The zero-order valence-corrected chi connectivity index (χ0v) is 28.3. The first-order chi connectivity index (χ1) is 23.2. The van der Waals surface area contributed by atoms with Crippen molar-refractivity contribution in [3.8, 4) is 5.88 Å². The van der Waals surface area contributed by atoms with Crippen LogP contribution in [0.15, 0.2) is 54.6 Å². The number of carbonyl (C=O) groups is 1. The summed E-state index contributed by atoms with van der Waals surface area (Å²) in [6.45, 7) is 8.80. The zero-order chi connectivity index (χ0) is 33.3. The van der Waals surface area contributed by atoms with Crippen LogP contribution >= 0.6 is 11.6 Å². The number of likely N-dealkylation sites (tertiary alicyclic amines) is 1. The highest BCUT2D eigenvalue weighted by molar-refractivity contribution is 6.30. The van der Waals surface area contributed by atoms with Crippen molar-refractivity contribution in [1.82, 2.24) is 19.4 Å². The Morgan fingerprint density at radius 1 is 1.08 bits per heavy atom. The van der Waals surface area contributed by atoms with E-state index in [0.717, 1.165) is 93.1 Å². The van der Waals surface area contributed by atoms with Crippen molar-refractivity contribution in [3.05, 3.63) is 82.5 Å². The van der Waals surface area contributed by atoms with Gasteiger partial charge in [-0.25, -0.2) is 14.4 Å². The molecule has 7 rings (SSSR count). The fourth-order valence-corrected chi connectivity index (χ4v) is 6.94. The normalized spacial score (nSPS) is 21.6. The number of carbonyl (C=O) groups excluding carboxylic acids is 1. The predicted octanol–water partition coefficient (Wildman–Crippen LogP) is 7.12. The molecule has 3 fully saturated rings. The number of amides is 1. The minimum atomic E-state index is -0.388. The van der Waals surface area contributed by atoms with E-state index in [1.165, 1.54) is 6.07 Å². The molecule has 0 bridgehead atoms. The molecule has 9 nitrogen and oxygen atoms in total. The number of nitrogens with one attached hydrogen (secondary N) is 1. The number of ether oxygens (including phenoxy) is 3. The molecule has 48 heavy (non-hydrogen) atoms. The zero-order valence-electron chi connectivity index (χ0n) is 27.6. The third-order valence-electron chi connectivity index (χ3n) is 9.92. The summed E-state index contributed by atoms with van der Waals surface area (Å²) in [6.07, 6.45) is 4.85. The molecule has 0 radical (unpaired) electrons. The monoisotopic (exact) mass is 675 g/mol. The van der Waals surface area contributed by atoms with Crippen LogP contribution in [-0.2, 0) is 34.0 Å². The number of hydrogen-bond donors (Lipinski definition) is 1. The van der Waals surface area contributed by atoms with Gasteiger partial charge < -0.3 is 24.1 Å². The molecule has 1 N–H and O–H groups in total. The SMILES string of the molecule is CC1(C)CCC(C(=O)Nc2ccc3c(c2)nc(CN2CCC(c4cccc(OCc5ccc(Cl)cc5F)n4)CC2)n3C[C@@H]2CCO2)CO1. The third-order valence-corrected chi connectivity index (χ3v) is 10.2. The lowest BCUT2D eigenvalue weighted by Gasteiger charge is -2.34. The van der Waals surface area contributed by atoms with Crippen LogP contribution in [0.25, 0.3) is 11.0 Å². The van der Waals surface area contributed by atoms with Crippen molar-refractivity contribution < 1.29 is 23.4 Å². The number of imidazole rings is 1. The van der Waals surface area contributed by atoms with Gasteiger partial charge in [0.15, 0.2) is 0 Å². The first-order valence-corrected chi connectivity index (χ1v) is 17.4. The first kappa shape index (κ1) is 33.0. The Morgan fingerprint density at radius 2 is 1.92 bits per heavy atom. The van der Waals surface area contributed by atoms with E-state index >= 15 is 0 Å². The van der Waals surface area contributed by atoms with E-state index in [1.54, 1.807) is 12.1 Å². The Kier molecular flexibility index (Phi) is 9.69. The number of halogens is 2. The number of rotatable bonds is 10. The minimum Gasteiger partial charge on any atom is -0.473 e. The first-order valence-electron chi connectivity index (χ1n) is 17.0. The quantitative estimate of drug-likeness (QED) is 0.192. The number of fused-ring (bicyclic) bond motifs is 1. The van der Waals surface area contributed by atoms with E-state index in [1.807, 2.05) is 30.3 Å². The molecule has 254 valence electrons. The Hall–Kier alpha value is -3.57. The third kappa shape index (κ3) is 7.67. The van der Waals surface area contributed by atoms with Crippen LogP contribution in [0.3, 0.4) is 0 Å². The second-order valence-electron chi connectivity index (χ2n) is 13.9. The van der Waals surface area contributed by atoms with Gasteiger partial charge in [0, 0.05) is 40.6 Å². The van der Waals surface area contributed by atoms with Gasteiger partial charge in [0.1, 0.15) is 18.2 Å². The molecule has 0 saturated carbocycles. The second-order valence-corrected chi connectivity index (χ2v) is 14.3. The number of anilines is 1. The average molecular weight is 676 g/mol. The summed E-state index contributed by atoms with van der Waals surface area (Å²) in [7, 11) is 0. The van der Waals surface area contributed by atoms with E-state index < -0.39 is 0 Å². The molecule has 3 aliphatic rings. The molecule has 2 atom stereocenters. The number of aromatic nitrogens is 3. The standard InChI is InChI=1S/C37H43ClFN5O4/c1-37(2)14-10-26(23-48-37)36(45)40-28-8-9-33-32(19-28)41-34(44(33)20-29-13-17-46-29)21-43-15-11-24(12-16-43)31-4-3-5-35(42-31)47-22-25-6-7-27(38)18-30(25)39/h3-9,18-19,24,26,29H,10-17,20-23H2,1-2H3,(H,40,45)/t26?,29-/m0/s1.